The third kappa shape index (κ3) is 4.64. The molecular formula is C12H20N2O3S. The molecule has 0 saturated heterocycles. The Hall–Kier alpha value is -1.11. The summed E-state index contributed by atoms with van der Waals surface area (Å²) in [6.45, 7) is 2.30. The molecule has 0 bridgehead atoms. The SMILES string of the molecule is COc1ccc(S(=O)(=O)NCCCC(C)N)cc1. The van der Waals surface area contributed by atoms with Gasteiger partial charge in [0.15, 0.2) is 0 Å². The Morgan fingerprint density at radius 1 is 1.33 bits per heavy atom. The molecule has 5 nitrogen and oxygen atoms in total. The Labute approximate surface area is 108 Å². The molecule has 0 aliphatic heterocycles. The van der Waals surface area contributed by atoms with E-state index in [4.69, 9.17) is 10.5 Å². The van der Waals surface area contributed by atoms with Crippen LogP contribution in [0.4, 0.5) is 0 Å². The van der Waals surface area contributed by atoms with E-state index in [1.165, 1.54) is 19.2 Å². The van der Waals surface area contributed by atoms with Gasteiger partial charge in [-0.2, -0.15) is 0 Å². The second kappa shape index (κ2) is 6.72. The van der Waals surface area contributed by atoms with Gasteiger partial charge in [0, 0.05) is 12.6 Å². The van der Waals surface area contributed by atoms with Crippen LogP contribution in [0.3, 0.4) is 0 Å². The second-order valence-electron chi connectivity index (χ2n) is 4.19. The Kier molecular flexibility index (Phi) is 5.58. The Balaban J connectivity index is 2.57. The molecule has 0 fully saturated rings. The van der Waals surface area contributed by atoms with Gasteiger partial charge in [0.05, 0.1) is 12.0 Å². The first kappa shape index (κ1) is 14.9. The van der Waals surface area contributed by atoms with Crippen LogP contribution in [0.1, 0.15) is 19.8 Å². The van der Waals surface area contributed by atoms with E-state index in [0.29, 0.717) is 12.3 Å². The van der Waals surface area contributed by atoms with Crippen molar-refractivity contribution in [3.63, 3.8) is 0 Å². The first-order valence-corrected chi connectivity index (χ1v) is 7.33. The van der Waals surface area contributed by atoms with Crippen molar-refractivity contribution in [1.29, 1.82) is 0 Å². The molecule has 0 heterocycles. The summed E-state index contributed by atoms with van der Waals surface area (Å²) >= 11 is 0. The molecule has 6 heteroatoms. The standard InChI is InChI=1S/C12H20N2O3S/c1-10(13)4-3-9-14-18(15,16)12-7-5-11(17-2)6-8-12/h5-8,10,14H,3-4,9,13H2,1-2H3. The number of sulfonamides is 1. The number of ether oxygens (including phenoxy) is 1. The molecule has 0 saturated carbocycles. The van der Waals surface area contributed by atoms with Gasteiger partial charge < -0.3 is 10.5 Å². The van der Waals surface area contributed by atoms with E-state index in [1.807, 2.05) is 6.92 Å². The first-order chi connectivity index (χ1) is 8.45. The molecule has 1 aromatic rings. The molecule has 18 heavy (non-hydrogen) atoms. The van der Waals surface area contributed by atoms with E-state index < -0.39 is 10.0 Å². The van der Waals surface area contributed by atoms with E-state index in [0.717, 1.165) is 12.8 Å². The summed E-state index contributed by atoms with van der Waals surface area (Å²) in [5.41, 5.74) is 5.59. The number of nitrogens with two attached hydrogens (primary N) is 1. The van der Waals surface area contributed by atoms with Crippen molar-refractivity contribution in [2.24, 2.45) is 5.73 Å². The van der Waals surface area contributed by atoms with E-state index in [9.17, 15) is 8.42 Å². The van der Waals surface area contributed by atoms with Crippen molar-refractivity contribution in [2.45, 2.75) is 30.7 Å². The van der Waals surface area contributed by atoms with Gasteiger partial charge in [0.2, 0.25) is 10.0 Å². The maximum Gasteiger partial charge on any atom is 0.240 e. The van der Waals surface area contributed by atoms with Crippen LogP contribution in [0.15, 0.2) is 29.2 Å². The summed E-state index contributed by atoms with van der Waals surface area (Å²) in [6, 6.07) is 6.38. The number of hydrogen-bond donors (Lipinski definition) is 2. The summed E-state index contributed by atoms with van der Waals surface area (Å²) < 4.78 is 31.3. The van der Waals surface area contributed by atoms with Gasteiger partial charge in [-0.05, 0) is 44.0 Å². The zero-order valence-electron chi connectivity index (χ0n) is 10.7. The van der Waals surface area contributed by atoms with Crippen molar-refractivity contribution >= 4 is 10.0 Å². The largest absolute Gasteiger partial charge is 0.497 e. The third-order valence-corrected chi connectivity index (χ3v) is 3.97. The predicted molar refractivity (Wildman–Crippen MR) is 71.1 cm³/mol. The van der Waals surface area contributed by atoms with E-state index >= 15 is 0 Å². The van der Waals surface area contributed by atoms with Gasteiger partial charge >= 0.3 is 0 Å². The van der Waals surface area contributed by atoms with Crippen molar-refractivity contribution in [2.75, 3.05) is 13.7 Å². The lowest BCUT2D eigenvalue weighted by atomic mass is 10.2. The molecule has 0 aliphatic rings. The van der Waals surface area contributed by atoms with E-state index in [1.54, 1.807) is 12.1 Å². The molecule has 102 valence electrons. The molecule has 1 rings (SSSR count). The van der Waals surface area contributed by atoms with Crippen LogP contribution in [-0.4, -0.2) is 28.1 Å². The number of methoxy groups -OCH3 is 1. The molecule has 1 atom stereocenters. The Morgan fingerprint density at radius 2 is 1.94 bits per heavy atom. The van der Waals surface area contributed by atoms with Gasteiger partial charge in [-0.1, -0.05) is 0 Å². The number of rotatable bonds is 7. The highest BCUT2D eigenvalue weighted by Crippen LogP contribution is 2.15. The van der Waals surface area contributed by atoms with Crippen molar-refractivity contribution in [3.8, 4) is 5.75 Å². The topological polar surface area (TPSA) is 81.4 Å². The lowest BCUT2D eigenvalue weighted by molar-refractivity contribution is 0.414. The number of nitrogens with one attached hydrogen (secondary N) is 1. The number of hydrogen-bond acceptors (Lipinski definition) is 4. The van der Waals surface area contributed by atoms with Crippen molar-refractivity contribution in [1.82, 2.24) is 4.72 Å². The molecular weight excluding hydrogens is 252 g/mol. The first-order valence-electron chi connectivity index (χ1n) is 5.85. The van der Waals surface area contributed by atoms with Gasteiger partial charge in [-0.3, -0.25) is 0 Å². The minimum atomic E-state index is -3.43. The fraction of sp³-hybridized carbons (Fsp3) is 0.500. The molecule has 0 aromatic heterocycles. The van der Waals surface area contributed by atoms with E-state index in [2.05, 4.69) is 4.72 Å². The molecule has 0 aliphatic carbocycles. The minimum Gasteiger partial charge on any atom is -0.497 e. The van der Waals surface area contributed by atoms with Crippen LogP contribution in [0.5, 0.6) is 5.75 Å². The van der Waals surface area contributed by atoms with Crippen LogP contribution in [0, 0.1) is 0 Å². The van der Waals surface area contributed by atoms with Crippen LogP contribution in [0.25, 0.3) is 0 Å². The highest BCUT2D eigenvalue weighted by Gasteiger charge is 2.12. The normalized spacial score (nSPS) is 13.3. The molecule has 0 spiro atoms. The maximum absolute atomic E-state index is 11.9. The van der Waals surface area contributed by atoms with Gasteiger partial charge in [0.25, 0.3) is 0 Å². The van der Waals surface area contributed by atoms with Crippen LogP contribution in [0.2, 0.25) is 0 Å². The summed E-state index contributed by atoms with van der Waals surface area (Å²) in [5, 5.41) is 0. The highest BCUT2D eigenvalue weighted by atomic mass is 32.2. The molecule has 1 aromatic carbocycles. The molecule has 3 N–H and O–H groups in total. The summed E-state index contributed by atoms with van der Waals surface area (Å²) in [5.74, 6) is 0.630. The van der Waals surface area contributed by atoms with Crippen LogP contribution in [-0.2, 0) is 10.0 Å². The van der Waals surface area contributed by atoms with Crippen molar-refractivity contribution < 1.29 is 13.2 Å². The van der Waals surface area contributed by atoms with Gasteiger partial charge in [-0.15, -0.1) is 0 Å². The quantitative estimate of drug-likeness (QED) is 0.728. The average molecular weight is 272 g/mol. The van der Waals surface area contributed by atoms with Gasteiger partial charge in [0.1, 0.15) is 5.75 Å². The Morgan fingerprint density at radius 3 is 2.44 bits per heavy atom. The minimum absolute atomic E-state index is 0.0930. The smallest absolute Gasteiger partial charge is 0.240 e. The van der Waals surface area contributed by atoms with Crippen LogP contribution >= 0.6 is 0 Å². The van der Waals surface area contributed by atoms with E-state index in [-0.39, 0.29) is 10.9 Å². The predicted octanol–water partition coefficient (Wildman–Crippen LogP) is 1.10. The zero-order chi connectivity index (χ0) is 13.6. The molecule has 0 radical (unpaired) electrons. The fourth-order valence-corrected chi connectivity index (χ4v) is 2.54. The van der Waals surface area contributed by atoms with Crippen LogP contribution < -0.4 is 15.2 Å². The lowest BCUT2D eigenvalue weighted by Crippen LogP contribution is -2.26. The Bertz CT molecular complexity index is 455. The lowest BCUT2D eigenvalue weighted by Gasteiger charge is -2.08. The molecule has 1 unspecified atom stereocenters. The average Bonchev–Trinajstić information content (AvgIpc) is 2.34. The summed E-state index contributed by atoms with van der Waals surface area (Å²) in [6.07, 6.45) is 1.53. The monoisotopic (exact) mass is 272 g/mol. The molecule has 0 amide bonds. The fourth-order valence-electron chi connectivity index (χ4n) is 1.47. The zero-order valence-corrected chi connectivity index (χ0v) is 11.5. The summed E-state index contributed by atoms with van der Waals surface area (Å²) in [7, 11) is -1.89. The third-order valence-electron chi connectivity index (χ3n) is 2.50. The van der Waals surface area contributed by atoms with Gasteiger partial charge in [-0.25, -0.2) is 13.1 Å². The summed E-state index contributed by atoms with van der Waals surface area (Å²) in [4.78, 5) is 0.240. The van der Waals surface area contributed by atoms with Crippen molar-refractivity contribution in [3.05, 3.63) is 24.3 Å². The number of benzene rings is 1. The maximum atomic E-state index is 11.9. The highest BCUT2D eigenvalue weighted by molar-refractivity contribution is 7.89. The second-order valence-corrected chi connectivity index (χ2v) is 5.96.